The van der Waals surface area contributed by atoms with Gasteiger partial charge in [0.2, 0.25) is 0 Å². The summed E-state index contributed by atoms with van der Waals surface area (Å²) in [7, 11) is 0. The molecule has 0 aliphatic carbocycles. The van der Waals surface area contributed by atoms with Gasteiger partial charge in [0, 0.05) is 11.9 Å². The zero-order valence-corrected chi connectivity index (χ0v) is 17.2. The van der Waals surface area contributed by atoms with E-state index in [9.17, 15) is 14.4 Å². The molecule has 2 amide bonds. The quantitative estimate of drug-likeness (QED) is 0.701. The van der Waals surface area contributed by atoms with Gasteiger partial charge < -0.3 is 14.8 Å². The normalized spacial score (nSPS) is 11.9. The molecule has 0 aliphatic heterocycles. The smallest absolute Gasteiger partial charge is 0.412 e. The van der Waals surface area contributed by atoms with Crippen LogP contribution >= 0.6 is 11.6 Å². The molecule has 0 aliphatic rings. The summed E-state index contributed by atoms with van der Waals surface area (Å²) in [4.78, 5) is 40.1. The molecule has 0 unspecified atom stereocenters. The number of anilines is 2. The van der Waals surface area contributed by atoms with E-state index >= 15 is 0 Å². The molecule has 0 fully saturated rings. The van der Waals surface area contributed by atoms with E-state index in [1.54, 1.807) is 26.8 Å². The van der Waals surface area contributed by atoms with Crippen LogP contribution in [0.15, 0.2) is 42.6 Å². The van der Waals surface area contributed by atoms with Crippen LogP contribution in [0.25, 0.3) is 0 Å². The van der Waals surface area contributed by atoms with Crippen molar-refractivity contribution in [3.8, 4) is 0 Å². The van der Waals surface area contributed by atoms with Crippen LogP contribution in [-0.2, 0) is 14.3 Å². The lowest BCUT2D eigenvalue weighted by molar-refractivity contribution is -0.123. The van der Waals surface area contributed by atoms with Crippen molar-refractivity contribution in [1.29, 1.82) is 0 Å². The van der Waals surface area contributed by atoms with Gasteiger partial charge in [0.05, 0.1) is 10.6 Å². The Kier molecular flexibility index (Phi) is 7.17. The van der Waals surface area contributed by atoms with Crippen molar-refractivity contribution < 1.29 is 23.9 Å². The van der Waals surface area contributed by atoms with E-state index in [0.717, 1.165) is 0 Å². The Morgan fingerprint density at radius 3 is 2.24 bits per heavy atom. The van der Waals surface area contributed by atoms with Crippen LogP contribution < -0.4 is 10.6 Å². The van der Waals surface area contributed by atoms with E-state index in [0.29, 0.717) is 16.5 Å². The number of carbonyl (C=O) groups is 3. The first-order valence-electron chi connectivity index (χ1n) is 8.77. The van der Waals surface area contributed by atoms with Crippen molar-refractivity contribution in [3.05, 3.63) is 53.2 Å². The third kappa shape index (κ3) is 7.42. The Labute approximate surface area is 173 Å². The van der Waals surface area contributed by atoms with Crippen molar-refractivity contribution in [2.75, 3.05) is 10.6 Å². The molecule has 1 atom stereocenters. The minimum atomic E-state index is -1.04. The van der Waals surface area contributed by atoms with Gasteiger partial charge in [0.25, 0.3) is 5.91 Å². The van der Waals surface area contributed by atoms with Gasteiger partial charge in [-0.3, -0.25) is 10.1 Å². The fourth-order valence-corrected chi connectivity index (χ4v) is 2.18. The Balaban J connectivity index is 1.90. The number of rotatable bonds is 5. The maximum atomic E-state index is 12.2. The van der Waals surface area contributed by atoms with Crippen molar-refractivity contribution in [1.82, 2.24) is 4.98 Å². The number of hydrogen-bond donors (Lipinski definition) is 2. The summed E-state index contributed by atoms with van der Waals surface area (Å²) in [5, 5.41) is 5.53. The zero-order valence-electron chi connectivity index (χ0n) is 16.5. The molecule has 1 heterocycles. The van der Waals surface area contributed by atoms with Gasteiger partial charge in [-0.2, -0.15) is 0 Å². The molecule has 2 N–H and O–H groups in total. The summed E-state index contributed by atoms with van der Waals surface area (Å²) < 4.78 is 10.3. The molecule has 0 radical (unpaired) electrons. The van der Waals surface area contributed by atoms with E-state index in [1.165, 1.54) is 43.5 Å². The third-order valence-corrected chi connectivity index (χ3v) is 3.62. The number of nitrogens with one attached hydrogen (secondary N) is 2. The van der Waals surface area contributed by atoms with E-state index < -0.39 is 29.7 Å². The van der Waals surface area contributed by atoms with Crippen LogP contribution in [-0.4, -0.2) is 34.7 Å². The topological polar surface area (TPSA) is 107 Å². The van der Waals surface area contributed by atoms with Crippen LogP contribution in [0, 0.1) is 0 Å². The Morgan fingerprint density at radius 2 is 1.69 bits per heavy atom. The summed E-state index contributed by atoms with van der Waals surface area (Å²) in [6.07, 6.45) is -0.255. The Morgan fingerprint density at radius 1 is 1.03 bits per heavy atom. The number of carbonyl (C=O) groups excluding carboxylic acids is 3. The van der Waals surface area contributed by atoms with Crippen molar-refractivity contribution >= 4 is 41.1 Å². The molecule has 0 bridgehead atoms. The summed E-state index contributed by atoms with van der Waals surface area (Å²) >= 11 is 5.74. The molecule has 154 valence electrons. The number of ether oxygens (including phenoxy) is 2. The molecular weight excluding hydrogens is 398 g/mol. The van der Waals surface area contributed by atoms with E-state index in [1.807, 2.05) is 0 Å². The van der Waals surface area contributed by atoms with E-state index in [4.69, 9.17) is 21.1 Å². The molecule has 0 saturated carbocycles. The van der Waals surface area contributed by atoms with E-state index in [2.05, 4.69) is 15.6 Å². The minimum absolute atomic E-state index is 0.226. The molecule has 9 heteroatoms. The van der Waals surface area contributed by atoms with Crippen LogP contribution in [0.3, 0.4) is 0 Å². The minimum Gasteiger partial charge on any atom is -0.449 e. The lowest BCUT2D eigenvalue weighted by atomic mass is 10.2. The number of benzene rings is 1. The summed E-state index contributed by atoms with van der Waals surface area (Å²) in [6, 6.07) is 9.12. The van der Waals surface area contributed by atoms with Gasteiger partial charge in [0.15, 0.2) is 6.10 Å². The molecule has 1 aromatic carbocycles. The van der Waals surface area contributed by atoms with Crippen LogP contribution in [0.5, 0.6) is 0 Å². The maximum Gasteiger partial charge on any atom is 0.412 e. The second kappa shape index (κ2) is 9.38. The highest BCUT2D eigenvalue weighted by Gasteiger charge is 2.20. The van der Waals surface area contributed by atoms with Crippen LogP contribution in [0.2, 0.25) is 5.02 Å². The molecule has 8 nitrogen and oxygen atoms in total. The number of esters is 1. The fraction of sp³-hybridized carbons (Fsp3) is 0.300. The highest BCUT2D eigenvalue weighted by molar-refractivity contribution is 6.30. The molecule has 29 heavy (non-hydrogen) atoms. The zero-order chi connectivity index (χ0) is 21.6. The monoisotopic (exact) mass is 419 g/mol. The highest BCUT2D eigenvalue weighted by atomic mass is 35.5. The number of halogens is 1. The van der Waals surface area contributed by atoms with Crippen molar-refractivity contribution in [2.45, 2.75) is 39.4 Å². The molecular formula is C20H22ClN3O5. The lowest BCUT2D eigenvalue weighted by Gasteiger charge is -2.19. The first-order valence-corrected chi connectivity index (χ1v) is 9.15. The van der Waals surface area contributed by atoms with Crippen LogP contribution in [0.4, 0.5) is 16.3 Å². The number of nitrogens with zero attached hydrogens (tertiary/aromatic N) is 1. The summed E-state index contributed by atoms with van der Waals surface area (Å²) in [5.41, 5.74) is 0.0610. The average molecular weight is 420 g/mol. The third-order valence-electron chi connectivity index (χ3n) is 3.40. The largest absolute Gasteiger partial charge is 0.449 e. The maximum absolute atomic E-state index is 12.2. The Hall–Kier alpha value is -3.13. The number of pyridine rings is 1. The summed E-state index contributed by atoms with van der Waals surface area (Å²) in [5.74, 6) is -0.920. The fourth-order valence-electron chi connectivity index (χ4n) is 2.07. The van der Waals surface area contributed by atoms with Gasteiger partial charge in [0.1, 0.15) is 11.4 Å². The van der Waals surface area contributed by atoms with Gasteiger partial charge in [-0.25, -0.2) is 14.6 Å². The number of amides is 2. The first kappa shape index (κ1) is 22.2. The van der Waals surface area contributed by atoms with Gasteiger partial charge in [-0.1, -0.05) is 11.6 Å². The van der Waals surface area contributed by atoms with Crippen molar-refractivity contribution in [3.63, 3.8) is 0 Å². The van der Waals surface area contributed by atoms with Crippen LogP contribution in [0.1, 0.15) is 38.1 Å². The van der Waals surface area contributed by atoms with E-state index in [-0.39, 0.29) is 5.56 Å². The SMILES string of the molecule is C[C@H](OC(=O)c1ccc(NC(=O)OC(C)(C)C)cc1)C(=O)Nc1ccc(Cl)cn1. The predicted molar refractivity (Wildman–Crippen MR) is 109 cm³/mol. The second-order valence-electron chi connectivity index (χ2n) is 7.10. The molecule has 2 aromatic rings. The standard InChI is InChI=1S/C20H22ClN3O5/c1-12(17(25)24-16-10-7-14(21)11-22-16)28-18(26)13-5-8-15(9-6-13)23-19(27)29-20(2,3)4/h5-12H,1-4H3,(H,23,27)(H,22,24,25)/t12-/m0/s1. The van der Waals surface area contributed by atoms with Crippen molar-refractivity contribution in [2.24, 2.45) is 0 Å². The van der Waals surface area contributed by atoms with Gasteiger partial charge >= 0.3 is 12.1 Å². The molecule has 2 rings (SSSR count). The van der Waals surface area contributed by atoms with Gasteiger partial charge in [-0.05, 0) is 64.1 Å². The molecule has 0 spiro atoms. The second-order valence-corrected chi connectivity index (χ2v) is 7.54. The molecule has 0 saturated heterocycles. The highest BCUT2D eigenvalue weighted by Crippen LogP contribution is 2.15. The number of aromatic nitrogens is 1. The predicted octanol–water partition coefficient (Wildman–Crippen LogP) is 4.27. The average Bonchev–Trinajstić information content (AvgIpc) is 2.62. The molecule has 1 aromatic heterocycles. The number of hydrogen-bond acceptors (Lipinski definition) is 6. The summed E-state index contributed by atoms with van der Waals surface area (Å²) in [6.45, 7) is 6.71. The first-order chi connectivity index (χ1) is 13.5. The van der Waals surface area contributed by atoms with Gasteiger partial charge in [-0.15, -0.1) is 0 Å². The lowest BCUT2D eigenvalue weighted by Crippen LogP contribution is -2.30. The Bertz CT molecular complexity index is 876.